The Morgan fingerprint density at radius 2 is 1.91 bits per heavy atom. The van der Waals surface area contributed by atoms with Crippen molar-refractivity contribution in [3.05, 3.63) is 34.9 Å². The predicted octanol–water partition coefficient (Wildman–Crippen LogP) is 5.60. The number of hydrogen-bond donors (Lipinski definition) is 2. The standard InChI is InChI=1S/C30H44N2O3/c1-19-28(24-16-23(33)12-13-25(24)30(19,5)6)26(34)9-7-8-20-10-11-21-15-22(14-20)32(17-21)18-27(35)31-29(2,3)4/h12-13,16,20-22,33H,7-11,14-15,17-18H2,1-6H3,(H,31,35)/t20-,21?,22-/m0/s1. The van der Waals surface area contributed by atoms with Gasteiger partial charge in [0.15, 0.2) is 5.78 Å². The summed E-state index contributed by atoms with van der Waals surface area (Å²) in [6, 6.07) is 5.93. The van der Waals surface area contributed by atoms with Gasteiger partial charge in [0.05, 0.1) is 6.54 Å². The van der Waals surface area contributed by atoms with Gasteiger partial charge < -0.3 is 10.4 Å². The fourth-order valence-corrected chi connectivity index (χ4v) is 6.65. The lowest BCUT2D eigenvalue weighted by molar-refractivity contribution is -0.124. The van der Waals surface area contributed by atoms with Crippen LogP contribution in [0.4, 0.5) is 0 Å². The first-order chi connectivity index (χ1) is 16.3. The van der Waals surface area contributed by atoms with E-state index in [0.29, 0.717) is 30.8 Å². The van der Waals surface area contributed by atoms with E-state index in [4.69, 9.17) is 0 Å². The minimum absolute atomic E-state index is 0.125. The Labute approximate surface area is 211 Å². The lowest BCUT2D eigenvalue weighted by Crippen LogP contribution is -2.47. The lowest BCUT2D eigenvalue weighted by atomic mass is 9.82. The summed E-state index contributed by atoms with van der Waals surface area (Å²) in [4.78, 5) is 28.3. The van der Waals surface area contributed by atoms with Crippen LogP contribution < -0.4 is 5.32 Å². The number of benzene rings is 1. The molecular weight excluding hydrogens is 436 g/mol. The first kappa shape index (κ1) is 25.9. The van der Waals surface area contributed by atoms with Crippen molar-refractivity contribution < 1.29 is 14.7 Å². The zero-order chi connectivity index (χ0) is 25.5. The van der Waals surface area contributed by atoms with Crippen LogP contribution in [0, 0.1) is 11.8 Å². The number of nitrogens with one attached hydrogen (secondary N) is 1. The highest BCUT2D eigenvalue weighted by molar-refractivity contribution is 6.23. The zero-order valence-electron chi connectivity index (χ0n) is 22.5. The molecule has 5 heteroatoms. The van der Waals surface area contributed by atoms with Gasteiger partial charge in [-0.25, -0.2) is 0 Å². The minimum Gasteiger partial charge on any atom is -0.508 e. The highest BCUT2D eigenvalue weighted by Crippen LogP contribution is 2.47. The van der Waals surface area contributed by atoms with Crippen LogP contribution in [0.15, 0.2) is 23.8 Å². The Balaban J connectivity index is 1.33. The van der Waals surface area contributed by atoms with Crippen molar-refractivity contribution in [1.29, 1.82) is 0 Å². The van der Waals surface area contributed by atoms with E-state index in [2.05, 4.69) is 31.0 Å². The fourth-order valence-electron chi connectivity index (χ4n) is 6.65. The molecule has 1 heterocycles. The van der Waals surface area contributed by atoms with E-state index in [1.807, 2.05) is 26.8 Å². The maximum Gasteiger partial charge on any atom is 0.234 e. The average molecular weight is 481 g/mol. The van der Waals surface area contributed by atoms with E-state index in [1.54, 1.807) is 12.1 Å². The summed E-state index contributed by atoms with van der Waals surface area (Å²) in [7, 11) is 0. The maximum absolute atomic E-state index is 13.3. The van der Waals surface area contributed by atoms with Gasteiger partial charge in [0.25, 0.3) is 0 Å². The molecule has 3 aliphatic rings. The Hall–Kier alpha value is -2.14. The van der Waals surface area contributed by atoms with Crippen LogP contribution in [-0.4, -0.2) is 46.4 Å². The highest BCUT2D eigenvalue weighted by atomic mass is 16.3. The van der Waals surface area contributed by atoms with Crippen molar-refractivity contribution in [2.24, 2.45) is 11.8 Å². The Bertz CT molecular complexity index is 1020. The van der Waals surface area contributed by atoms with Gasteiger partial charge in [-0.3, -0.25) is 14.5 Å². The van der Waals surface area contributed by atoms with Crippen LogP contribution in [0.2, 0.25) is 0 Å². The summed E-state index contributed by atoms with van der Waals surface area (Å²) in [6.07, 6.45) is 7.34. The molecule has 1 saturated carbocycles. The van der Waals surface area contributed by atoms with Gasteiger partial charge in [-0.2, -0.15) is 0 Å². The molecule has 2 N–H and O–H groups in total. The molecule has 1 saturated heterocycles. The summed E-state index contributed by atoms with van der Waals surface area (Å²) in [5, 5.41) is 13.2. The van der Waals surface area contributed by atoms with Crippen LogP contribution in [0.5, 0.6) is 5.75 Å². The Morgan fingerprint density at radius 3 is 2.63 bits per heavy atom. The second-order valence-corrected chi connectivity index (χ2v) is 12.8. The van der Waals surface area contributed by atoms with E-state index in [0.717, 1.165) is 48.1 Å². The van der Waals surface area contributed by atoms with Crippen molar-refractivity contribution in [1.82, 2.24) is 10.2 Å². The normalized spacial score (nSPS) is 25.9. The van der Waals surface area contributed by atoms with Crippen molar-refractivity contribution in [2.75, 3.05) is 13.1 Å². The Kier molecular flexibility index (Phi) is 7.21. The van der Waals surface area contributed by atoms with Crippen molar-refractivity contribution in [3.63, 3.8) is 0 Å². The van der Waals surface area contributed by atoms with Gasteiger partial charge in [0.1, 0.15) is 5.75 Å². The number of nitrogens with zero attached hydrogens (tertiary/aromatic N) is 1. The molecule has 2 aliphatic carbocycles. The topological polar surface area (TPSA) is 69.6 Å². The first-order valence-corrected chi connectivity index (χ1v) is 13.5. The fraction of sp³-hybridized carbons (Fsp3) is 0.667. The quantitative estimate of drug-likeness (QED) is 0.533. The second-order valence-electron chi connectivity index (χ2n) is 12.8. The second kappa shape index (κ2) is 9.72. The van der Waals surface area contributed by atoms with E-state index in [1.165, 1.54) is 19.3 Å². The molecule has 1 aromatic carbocycles. The molecule has 0 aromatic heterocycles. The van der Waals surface area contributed by atoms with Crippen molar-refractivity contribution >= 4 is 17.3 Å². The molecule has 0 spiro atoms. The number of rotatable bonds is 7. The molecule has 2 bridgehead atoms. The monoisotopic (exact) mass is 480 g/mol. The molecule has 192 valence electrons. The number of likely N-dealkylation sites (tertiary alicyclic amines) is 1. The third-order valence-electron chi connectivity index (χ3n) is 8.62. The van der Waals surface area contributed by atoms with Gasteiger partial charge in [-0.15, -0.1) is 0 Å². The third-order valence-corrected chi connectivity index (χ3v) is 8.62. The third kappa shape index (κ3) is 5.66. The summed E-state index contributed by atoms with van der Waals surface area (Å²) < 4.78 is 0. The van der Waals surface area contributed by atoms with E-state index in [9.17, 15) is 14.7 Å². The van der Waals surface area contributed by atoms with Gasteiger partial charge in [0.2, 0.25) is 5.91 Å². The van der Waals surface area contributed by atoms with E-state index in [-0.39, 0.29) is 28.4 Å². The van der Waals surface area contributed by atoms with Gasteiger partial charge >= 0.3 is 0 Å². The average Bonchev–Trinajstić information content (AvgIpc) is 3.08. The molecule has 1 aromatic rings. The van der Waals surface area contributed by atoms with Crippen LogP contribution >= 0.6 is 0 Å². The highest BCUT2D eigenvalue weighted by Gasteiger charge is 2.39. The number of hydrogen-bond acceptors (Lipinski definition) is 4. The zero-order valence-corrected chi connectivity index (χ0v) is 22.5. The molecule has 1 amide bonds. The SMILES string of the molecule is CC1=C(C(=O)CCC[C@H]2CCC3C[C@H](C2)N(CC(=O)NC(C)(C)C)C3)c2cc(O)ccc2C1(C)C. The number of carbonyl (C=O) groups is 2. The summed E-state index contributed by atoms with van der Waals surface area (Å²) in [5.74, 6) is 1.87. The number of amides is 1. The first-order valence-electron chi connectivity index (χ1n) is 13.5. The molecule has 35 heavy (non-hydrogen) atoms. The molecule has 3 atom stereocenters. The molecule has 1 unspecified atom stereocenters. The van der Waals surface area contributed by atoms with Crippen LogP contribution in [-0.2, 0) is 15.0 Å². The van der Waals surface area contributed by atoms with Crippen molar-refractivity contribution in [2.45, 2.75) is 103 Å². The number of ketones is 1. The summed E-state index contributed by atoms with van der Waals surface area (Å²) in [5.41, 5.74) is 3.59. The van der Waals surface area contributed by atoms with Gasteiger partial charge in [0, 0.05) is 35.5 Å². The van der Waals surface area contributed by atoms with E-state index < -0.39 is 0 Å². The summed E-state index contributed by atoms with van der Waals surface area (Å²) >= 11 is 0. The van der Waals surface area contributed by atoms with Crippen LogP contribution in [0.1, 0.15) is 97.6 Å². The Morgan fingerprint density at radius 1 is 1.17 bits per heavy atom. The molecule has 4 rings (SSSR count). The largest absolute Gasteiger partial charge is 0.508 e. The number of allylic oxidation sites excluding steroid dienone is 2. The molecule has 1 aliphatic heterocycles. The van der Waals surface area contributed by atoms with E-state index >= 15 is 0 Å². The number of carbonyl (C=O) groups excluding carboxylic acids is 2. The molecule has 0 radical (unpaired) electrons. The lowest BCUT2D eigenvalue weighted by Gasteiger charge is -2.30. The number of phenolic OH excluding ortho intramolecular Hbond substituents is 1. The van der Waals surface area contributed by atoms with Crippen molar-refractivity contribution in [3.8, 4) is 5.75 Å². The minimum atomic E-state index is -0.195. The molecular formula is C30H44N2O3. The van der Waals surface area contributed by atoms with Gasteiger partial charge in [-0.1, -0.05) is 31.9 Å². The number of aromatic hydroxyl groups is 1. The van der Waals surface area contributed by atoms with Crippen LogP contribution in [0.25, 0.3) is 5.57 Å². The summed E-state index contributed by atoms with van der Waals surface area (Å²) in [6.45, 7) is 14.0. The molecule has 2 fully saturated rings. The smallest absolute Gasteiger partial charge is 0.234 e. The maximum atomic E-state index is 13.3. The van der Waals surface area contributed by atoms with Crippen LogP contribution in [0.3, 0.4) is 0 Å². The molecule has 5 nitrogen and oxygen atoms in total. The number of Topliss-reactive ketones (excluding diaryl/α,β-unsaturated/α-hetero) is 1. The number of phenols is 1. The van der Waals surface area contributed by atoms with Gasteiger partial charge in [-0.05, 0) is 94.9 Å². The predicted molar refractivity (Wildman–Crippen MR) is 141 cm³/mol. The number of fused-ring (bicyclic) bond motifs is 3.